The summed E-state index contributed by atoms with van der Waals surface area (Å²) in [4.78, 5) is 71.3. The van der Waals surface area contributed by atoms with E-state index in [1.165, 1.54) is 230 Å². The molecule has 2 heterocycles. The van der Waals surface area contributed by atoms with Crippen LogP contribution in [0, 0.1) is 6.92 Å². The average Bonchev–Trinajstić information content (AvgIpc) is 0.855. The topological polar surface area (TPSA) is 169 Å². The van der Waals surface area contributed by atoms with E-state index in [1.807, 2.05) is 78.9 Å². The number of hydrogen-bond acceptors (Lipinski definition) is 13. The van der Waals surface area contributed by atoms with Crippen LogP contribution < -0.4 is 34.9 Å². The lowest BCUT2D eigenvalue weighted by Crippen LogP contribution is -2.45. The molecule has 4 aromatic carbocycles. The summed E-state index contributed by atoms with van der Waals surface area (Å²) in [5.41, 5.74) is -0.627. The van der Waals surface area contributed by atoms with Crippen LogP contribution >= 0.6 is 0 Å². The van der Waals surface area contributed by atoms with Gasteiger partial charge in [0.05, 0.1) is 47.1 Å². The number of hydrogen-bond donors (Lipinski definition) is 0. The number of benzene rings is 4. The highest BCUT2D eigenvalue weighted by Crippen LogP contribution is 2.44. The van der Waals surface area contributed by atoms with Crippen molar-refractivity contribution in [2.75, 3.05) is 40.6 Å². The molecule has 0 amide bonds. The van der Waals surface area contributed by atoms with Crippen molar-refractivity contribution in [2.45, 2.75) is 348 Å². The molecule has 0 bridgehead atoms. The zero-order valence-corrected chi connectivity index (χ0v) is 66.8. The molecule has 0 unspecified atom stereocenters. The first-order valence-electron chi connectivity index (χ1n) is 42.2. The molecule has 1 fully saturated rings. The van der Waals surface area contributed by atoms with Crippen molar-refractivity contribution in [3.05, 3.63) is 146 Å². The summed E-state index contributed by atoms with van der Waals surface area (Å²) >= 11 is 0. The maximum Gasteiger partial charge on any atom is 0.340 e. The lowest BCUT2D eigenvalue weighted by Gasteiger charge is -2.37. The quantitative estimate of drug-likeness (QED) is 0.0205. The maximum absolute atomic E-state index is 15.5. The molecule has 0 N–H and O–H groups in total. The third kappa shape index (κ3) is 31.5. The molecule has 5 aromatic rings. The van der Waals surface area contributed by atoms with Crippen molar-refractivity contribution in [3.8, 4) is 28.7 Å². The van der Waals surface area contributed by atoms with Gasteiger partial charge in [-0.1, -0.05) is 326 Å². The van der Waals surface area contributed by atoms with E-state index in [0.717, 1.165) is 74.5 Å². The van der Waals surface area contributed by atoms with Gasteiger partial charge in [0.25, 0.3) is 11.5 Å². The Bertz CT molecular complexity index is 3200. The van der Waals surface area contributed by atoms with E-state index in [2.05, 4.69) is 20.8 Å². The van der Waals surface area contributed by atoms with E-state index in [9.17, 15) is 14.4 Å². The summed E-state index contributed by atoms with van der Waals surface area (Å²) in [6.07, 6.45) is 49.7. The van der Waals surface area contributed by atoms with Gasteiger partial charge in [0.2, 0.25) is 5.75 Å². The number of esters is 1. The van der Waals surface area contributed by atoms with E-state index < -0.39 is 47.2 Å². The van der Waals surface area contributed by atoms with Gasteiger partial charge in [-0.2, -0.15) is 4.57 Å². The van der Waals surface area contributed by atoms with Crippen molar-refractivity contribution in [3.63, 3.8) is 0 Å². The number of ketones is 1. The highest BCUT2D eigenvalue weighted by molar-refractivity contribution is 5.97. The minimum atomic E-state index is -1.30. The zero-order chi connectivity index (χ0) is 75.7. The van der Waals surface area contributed by atoms with Crippen LogP contribution in [0.3, 0.4) is 0 Å². The van der Waals surface area contributed by atoms with Crippen molar-refractivity contribution >= 4 is 17.7 Å². The Morgan fingerprint density at radius 2 is 0.840 bits per heavy atom. The smallest absolute Gasteiger partial charge is 0.340 e. The Balaban J connectivity index is 1.27. The predicted octanol–water partition coefficient (Wildman–Crippen LogP) is 23.2. The fraction of sp³-hybridized carbons (Fsp3) is 0.659. The minimum Gasteiger partial charge on any atom is -0.497 e. The van der Waals surface area contributed by atoms with E-state index in [4.69, 9.17) is 37.9 Å². The molecule has 0 aliphatic carbocycles. The van der Waals surface area contributed by atoms with Crippen molar-refractivity contribution in [2.24, 2.45) is 0 Å². The van der Waals surface area contributed by atoms with Gasteiger partial charge >= 0.3 is 11.7 Å². The van der Waals surface area contributed by atoms with Crippen LogP contribution in [0.15, 0.2) is 107 Å². The monoisotopic (exact) mass is 1470 g/mol. The molecular weight excluding hydrogens is 1330 g/mol. The summed E-state index contributed by atoms with van der Waals surface area (Å²) in [5.74, 6) is 0.691. The highest BCUT2D eigenvalue weighted by atomic mass is 16.6. The molecule has 1 aliphatic rings. The number of carbonyl (C=O) groups excluding carboxylic acids is 3. The lowest BCUT2D eigenvalue weighted by atomic mass is 9.80. The third-order valence-corrected chi connectivity index (χ3v) is 21.1. The number of aryl methyl sites for hydroxylation is 1. The number of rotatable bonds is 62. The third-order valence-electron chi connectivity index (χ3n) is 21.1. The Morgan fingerprint density at radius 3 is 1.22 bits per heavy atom. The normalized spacial score (nSPS) is 14.3. The van der Waals surface area contributed by atoms with Crippen LogP contribution in [-0.4, -0.2) is 79.6 Å². The zero-order valence-electron chi connectivity index (χ0n) is 66.8. The van der Waals surface area contributed by atoms with Gasteiger partial charge in [-0.15, -0.1) is 0 Å². The molecule has 1 aromatic heterocycles. The predicted molar refractivity (Wildman–Crippen MR) is 430 cm³/mol. The largest absolute Gasteiger partial charge is 0.497 e. The van der Waals surface area contributed by atoms with Gasteiger partial charge in [-0.05, 0) is 86.2 Å². The molecule has 0 spiro atoms. The van der Waals surface area contributed by atoms with Crippen LogP contribution in [0.1, 0.15) is 355 Å². The fourth-order valence-electron chi connectivity index (χ4n) is 14.6. The highest BCUT2D eigenvalue weighted by Gasteiger charge is 2.44. The van der Waals surface area contributed by atoms with Crippen LogP contribution in [-0.2, 0) is 29.4 Å². The second-order valence-electron chi connectivity index (χ2n) is 30.0. The number of ether oxygens (including phenoxy) is 8. The van der Waals surface area contributed by atoms with Crippen LogP contribution in [0.4, 0.5) is 0 Å². The standard InChI is InChI=1S/C91H138N2O13/c1-8-11-14-17-20-23-26-29-32-35-38-41-44-50-65-101-82-68-75(69-83(102-66-51-45-42-39-36-33-30-27-24-21-18-15-12-9-2)87(82)103-67-52-46-43-40-37-34-31-28-25-22-19-16-13-10-3)89(97)93-88(96)73(4)71-92(90(93)98)85-70-81(106-86(95)64-55-74(5)94)84(105-85)72-104-91(76-53-48-47-49-54-76,77-56-60-79(99-6)61-57-77)78-58-62-80(100-7)63-59-78/h47-49,53-54,56-63,68-69,71,81,84-85H,8-46,50-52,55,64-67,70,72H2,1-7H3/t81-,84-,85-/m1/s1. The van der Waals surface area contributed by atoms with Crippen molar-refractivity contribution < 1.29 is 52.3 Å². The summed E-state index contributed by atoms with van der Waals surface area (Å²) in [6, 6.07) is 28.1. The van der Waals surface area contributed by atoms with E-state index in [-0.39, 0.29) is 42.8 Å². The first-order chi connectivity index (χ1) is 51.9. The van der Waals surface area contributed by atoms with E-state index >= 15 is 9.59 Å². The van der Waals surface area contributed by atoms with E-state index in [0.29, 0.717) is 53.1 Å². The fourth-order valence-corrected chi connectivity index (χ4v) is 14.6. The van der Waals surface area contributed by atoms with Crippen LogP contribution in [0.25, 0.3) is 0 Å². The Labute approximate surface area is 638 Å². The second kappa shape index (κ2) is 53.2. The first kappa shape index (κ1) is 88.2. The number of unbranched alkanes of at least 4 members (excludes halogenated alkanes) is 39. The molecule has 1 saturated heterocycles. The number of Topliss-reactive ketones (excluding diaryl/α,β-unsaturated/α-hetero) is 1. The SMILES string of the molecule is CCCCCCCCCCCCCCCCOc1cc(C(=O)n2c(=O)c(C)cn([C@H]3C[C@@H](OC(=O)CCC(C)=O)[C@@H](COC(c4ccccc4)(c4ccc(OC)cc4)c4ccc(OC)cc4)O3)c2=O)cc(OCCCCCCCCCCCCCCCC)c1OCCCCCCCCCCCCCCCC. The molecule has 106 heavy (non-hydrogen) atoms. The summed E-state index contributed by atoms with van der Waals surface area (Å²) < 4.78 is 53.6. The van der Waals surface area contributed by atoms with Crippen molar-refractivity contribution in [1.82, 2.24) is 9.13 Å². The molecule has 590 valence electrons. The molecule has 0 radical (unpaired) electrons. The van der Waals surface area contributed by atoms with Crippen LogP contribution in [0.2, 0.25) is 0 Å². The molecular formula is C91H138N2O13. The maximum atomic E-state index is 15.5. The molecule has 15 nitrogen and oxygen atoms in total. The lowest BCUT2D eigenvalue weighted by molar-refractivity contribution is -0.156. The Morgan fingerprint density at radius 1 is 0.472 bits per heavy atom. The van der Waals surface area contributed by atoms with Gasteiger partial charge in [0.15, 0.2) is 11.5 Å². The summed E-state index contributed by atoms with van der Waals surface area (Å²) in [5, 5.41) is 0. The molecule has 1 aliphatic heterocycles. The van der Waals surface area contributed by atoms with Crippen molar-refractivity contribution in [1.29, 1.82) is 0 Å². The van der Waals surface area contributed by atoms with Crippen LogP contribution in [0.5, 0.6) is 28.7 Å². The van der Waals surface area contributed by atoms with Gasteiger partial charge in [-0.3, -0.25) is 19.0 Å². The second-order valence-corrected chi connectivity index (χ2v) is 30.0. The number of aromatic nitrogens is 2. The van der Waals surface area contributed by atoms with E-state index in [1.54, 1.807) is 33.3 Å². The van der Waals surface area contributed by atoms with Gasteiger partial charge in [-0.25, -0.2) is 4.79 Å². The summed E-state index contributed by atoms with van der Waals surface area (Å²) in [7, 11) is 3.21. The van der Waals surface area contributed by atoms with Gasteiger partial charge in [0.1, 0.15) is 41.3 Å². The molecule has 6 rings (SSSR count). The molecule has 15 heteroatoms. The minimum absolute atomic E-state index is 0.0253. The molecule has 0 saturated carbocycles. The Kier molecular flexibility index (Phi) is 44.2. The number of nitrogens with zero attached hydrogens (tertiary/aromatic N) is 2. The Hall–Kier alpha value is -6.71. The van der Waals surface area contributed by atoms with Gasteiger partial charge < -0.3 is 42.7 Å². The average molecular weight is 1470 g/mol. The molecule has 3 atom stereocenters. The number of methoxy groups -OCH3 is 2. The first-order valence-corrected chi connectivity index (χ1v) is 42.2. The summed E-state index contributed by atoms with van der Waals surface area (Å²) in [6.45, 7) is 10.8. The number of carbonyl (C=O) groups is 3. The van der Waals surface area contributed by atoms with Gasteiger partial charge in [0, 0.05) is 30.2 Å².